The Hall–Kier alpha value is -1.15. The summed E-state index contributed by atoms with van der Waals surface area (Å²) in [5, 5.41) is 2.60. The van der Waals surface area contributed by atoms with E-state index in [1.807, 2.05) is 6.92 Å². The summed E-state index contributed by atoms with van der Waals surface area (Å²) in [7, 11) is -3.52. The highest BCUT2D eigenvalue weighted by Crippen LogP contribution is 2.06. The fraction of sp³-hybridized carbons (Fsp3) is 0.462. The van der Waals surface area contributed by atoms with Gasteiger partial charge in [-0.2, -0.15) is 0 Å². The first-order chi connectivity index (χ1) is 9.47. The average Bonchev–Trinajstić information content (AvgIpc) is 2.44. The molecule has 6 nitrogen and oxygen atoms in total. The predicted octanol–water partition coefficient (Wildman–Crippen LogP) is 0.630. The van der Waals surface area contributed by atoms with Crippen molar-refractivity contribution in [1.29, 1.82) is 0 Å². The quantitative estimate of drug-likeness (QED) is 0.606. The Bertz CT molecular complexity index is 523. The lowest BCUT2D eigenvalue weighted by molar-refractivity contribution is -0.122. The van der Waals surface area contributed by atoms with Crippen LogP contribution in [0, 0.1) is 0 Å². The molecule has 21 heavy (non-hydrogen) atoms. The first-order valence-corrected chi connectivity index (χ1v) is 8.03. The van der Waals surface area contributed by atoms with Crippen molar-refractivity contribution in [1.82, 2.24) is 10.0 Å². The van der Waals surface area contributed by atoms with Crippen LogP contribution in [-0.4, -0.2) is 33.5 Å². The van der Waals surface area contributed by atoms with Crippen molar-refractivity contribution in [2.24, 2.45) is 5.73 Å². The molecular weight excluding hydrogens is 314 g/mol. The van der Waals surface area contributed by atoms with Gasteiger partial charge in [-0.05, 0) is 18.6 Å². The van der Waals surface area contributed by atoms with Crippen molar-refractivity contribution in [2.45, 2.75) is 30.7 Å². The molecule has 120 valence electrons. The third-order valence-corrected chi connectivity index (χ3v) is 4.18. The topological polar surface area (TPSA) is 101 Å². The van der Waals surface area contributed by atoms with E-state index in [9.17, 15) is 13.2 Å². The van der Waals surface area contributed by atoms with E-state index in [1.165, 1.54) is 12.1 Å². The Balaban J connectivity index is 0.00000400. The van der Waals surface area contributed by atoms with Gasteiger partial charge in [-0.15, -0.1) is 12.4 Å². The minimum absolute atomic E-state index is 0. The average molecular weight is 336 g/mol. The first kappa shape index (κ1) is 19.9. The molecule has 0 aromatic heterocycles. The summed E-state index contributed by atoms with van der Waals surface area (Å²) in [6.07, 6.45) is 1.44. The van der Waals surface area contributed by atoms with Gasteiger partial charge in [0.15, 0.2) is 0 Å². The van der Waals surface area contributed by atoms with Crippen LogP contribution < -0.4 is 15.8 Å². The Labute approximate surface area is 132 Å². The first-order valence-electron chi connectivity index (χ1n) is 6.55. The van der Waals surface area contributed by atoms with Gasteiger partial charge in [0.05, 0.1) is 10.9 Å². The number of hydrogen-bond acceptors (Lipinski definition) is 4. The zero-order valence-electron chi connectivity index (χ0n) is 11.9. The molecule has 1 unspecified atom stereocenters. The molecule has 0 fully saturated rings. The maximum absolute atomic E-state index is 11.9. The van der Waals surface area contributed by atoms with E-state index in [4.69, 9.17) is 5.73 Å². The van der Waals surface area contributed by atoms with Gasteiger partial charge < -0.3 is 11.1 Å². The summed E-state index contributed by atoms with van der Waals surface area (Å²) < 4.78 is 26.1. The summed E-state index contributed by atoms with van der Waals surface area (Å²) in [4.78, 5) is 11.7. The third kappa shape index (κ3) is 6.90. The van der Waals surface area contributed by atoms with Gasteiger partial charge in [0.1, 0.15) is 0 Å². The summed E-state index contributed by atoms with van der Waals surface area (Å²) in [6, 6.07) is 7.54. The molecule has 0 heterocycles. The summed E-state index contributed by atoms with van der Waals surface area (Å²) >= 11 is 0. The van der Waals surface area contributed by atoms with Crippen LogP contribution in [0.15, 0.2) is 35.2 Å². The number of halogens is 1. The van der Waals surface area contributed by atoms with E-state index < -0.39 is 16.1 Å². The highest BCUT2D eigenvalue weighted by Gasteiger charge is 2.14. The number of sulfonamides is 1. The maximum Gasteiger partial charge on any atom is 0.240 e. The summed E-state index contributed by atoms with van der Waals surface area (Å²) in [6.45, 7) is 2.28. The maximum atomic E-state index is 11.9. The Kier molecular flexibility index (Phi) is 9.19. The standard InChI is InChI=1S/C13H21N3O3S.ClH/c1-2-6-12(14)13(17)15-9-10-16-20(18,19)11-7-4-3-5-8-11;/h3-5,7-8,12,16H,2,6,9-10,14H2,1H3,(H,15,17);1H. The predicted molar refractivity (Wildman–Crippen MR) is 84.8 cm³/mol. The van der Waals surface area contributed by atoms with Gasteiger partial charge in [-0.1, -0.05) is 31.5 Å². The van der Waals surface area contributed by atoms with Crippen LogP contribution in [-0.2, 0) is 14.8 Å². The van der Waals surface area contributed by atoms with E-state index in [0.29, 0.717) is 6.42 Å². The van der Waals surface area contributed by atoms with Crippen molar-refractivity contribution < 1.29 is 13.2 Å². The van der Waals surface area contributed by atoms with E-state index >= 15 is 0 Å². The van der Waals surface area contributed by atoms with Crippen LogP contribution in [0.25, 0.3) is 0 Å². The molecule has 0 aliphatic rings. The van der Waals surface area contributed by atoms with Gasteiger partial charge in [-0.3, -0.25) is 4.79 Å². The monoisotopic (exact) mass is 335 g/mol. The Morgan fingerprint density at radius 3 is 2.43 bits per heavy atom. The van der Waals surface area contributed by atoms with Gasteiger partial charge in [-0.25, -0.2) is 13.1 Å². The second-order valence-electron chi connectivity index (χ2n) is 4.40. The molecule has 1 aromatic rings. The number of carbonyl (C=O) groups is 1. The fourth-order valence-electron chi connectivity index (χ4n) is 1.63. The minimum atomic E-state index is -3.52. The normalized spacial score (nSPS) is 12.3. The number of carbonyl (C=O) groups excluding carboxylic acids is 1. The third-order valence-electron chi connectivity index (χ3n) is 2.71. The number of nitrogens with two attached hydrogens (primary N) is 1. The van der Waals surface area contributed by atoms with E-state index in [-0.39, 0.29) is 36.3 Å². The zero-order valence-corrected chi connectivity index (χ0v) is 13.5. The second kappa shape index (κ2) is 9.73. The Morgan fingerprint density at radius 2 is 1.86 bits per heavy atom. The Morgan fingerprint density at radius 1 is 1.24 bits per heavy atom. The fourth-order valence-corrected chi connectivity index (χ4v) is 2.68. The molecule has 0 saturated heterocycles. The number of amides is 1. The number of nitrogens with one attached hydrogen (secondary N) is 2. The molecule has 4 N–H and O–H groups in total. The largest absolute Gasteiger partial charge is 0.353 e. The molecule has 8 heteroatoms. The number of benzene rings is 1. The molecule has 0 aliphatic carbocycles. The molecule has 1 atom stereocenters. The van der Waals surface area contributed by atoms with Crippen LogP contribution >= 0.6 is 12.4 Å². The minimum Gasteiger partial charge on any atom is -0.353 e. The van der Waals surface area contributed by atoms with Gasteiger partial charge in [0.2, 0.25) is 15.9 Å². The summed E-state index contributed by atoms with van der Waals surface area (Å²) in [5.74, 6) is -0.259. The number of rotatable bonds is 8. The van der Waals surface area contributed by atoms with Crippen molar-refractivity contribution in [2.75, 3.05) is 13.1 Å². The van der Waals surface area contributed by atoms with Crippen molar-refractivity contribution >= 4 is 28.3 Å². The second-order valence-corrected chi connectivity index (χ2v) is 6.16. The molecule has 1 amide bonds. The van der Waals surface area contributed by atoms with Crippen LogP contribution in [0.2, 0.25) is 0 Å². The molecule has 0 spiro atoms. The lowest BCUT2D eigenvalue weighted by Crippen LogP contribution is -2.43. The zero-order chi connectivity index (χ0) is 15.0. The molecule has 1 rings (SSSR count). The van der Waals surface area contributed by atoms with E-state index in [0.717, 1.165) is 6.42 Å². The van der Waals surface area contributed by atoms with Crippen LogP contribution in [0.3, 0.4) is 0 Å². The summed E-state index contributed by atoms with van der Waals surface area (Å²) in [5.41, 5.74) is 5.64. The van der Waals surface area contributed by atoms with Gasteiger partial charge >= 0.3 is 0 Å². The van der Waals surface area contributed by atoms with Crippen molar-refractivity contribution in [3.05, 3.63) is 30.3 Å². The van der Waals surface area contributed by atoms with Crippen molar-refractivity contribution in [3.63, 3.8) is 0 Å². The lowest BCUT2D eigenvalue weighted by Gasteiger charge is -2.11. The smallest absolute Gasteiger partial charge is 0.240 e. The SMILES string of the molecule is CCCC(N)C(=O)NCCNS(=O)(=O)c1ccccc1.Cl. The van der Waals surface area contributed by atoms with E-state index in [1.54, 1.807) is 18.2 Å². The highest BCUT2D eigenvalue weighted by molar-refractivity contribution is 7.89. The molecular formula is C13H22ClN3O3S. The van der Waals surface area contributed by atoms with Gasteiger partial charge in [0, 0.05) is 13.1 Å². The van der Waals surface area contributed by atoms with Crippen LogP contribution in [0.5, 0.6) is 0 Å². The van der Waals surface area contributed by atoms with Crippen LogP contribution in [0.4, 0.5) is 0 Å². The molecule has 0 radical (unpaired) electrons. The molecule has 0 saturated carbocycles. The molecule has 0 bridgehead atoms. The van der Waals surface area contributed by atoms with Crippen molar-refractivity contribution in [3.8, 4) is 0 Å². The van der Waals surface area contributed by atoms with Gasteiger partial charge in [0.25, 0.3) is 0 Å². The number of hydrogen-bond donors (Lipinski definition) is 3. The van der Waals surface area contributed by atoms with Crippen LogP contribution in [0.1, 0.15) is 19.8 Å². The highest BCUT2D eigenvalue weighted by atomic mass is 35.5. The van der Waals surface area contributed by atoms with E-state index in [2.05, 4.69) is 10.0 Å². The molecule has 1 aromatic carbocycles. The lowest BCUT2D eigenvalue weighted by atomic mass is 10.2. The molecule has 0 aliphatic heterocycles.